The van der Waals surface area contributed by atoms with Crippen LogP contribution in [0.2, 0.25) is 0 Å². The number of benzene rings is 1. The smallest absolute Gasteiger partial charge is 0.133 e. The topological polar surface area (TPSA) is 18.5 Å². The van der Waals surface area contributed by atoms with Crippen LogP contribution in [-0.4, -0.2) is 14.2 Å². The van der Waals surface area contributed by atoms with Crippen LogP contribution < -0.4 is 9.47 Å². The van der Waals surface area contributed by atoms with E-state index in [0.29, 0.717) is 5.92 Å². The summed E-state index contributed by atoms with van der Waals surface area (Å²) in [6, 6.07) is 4.05. The molecule has 0 amide bonds. The van der Waals surface area contributed by atoms with Crippen LogP contribution in [0.3, 0.4) is 0 Å². The predicted octanol–water partition coefficient (Wildman–Crippen LogP) is 5.56. The fourth-order valence-corrected chi connectivity index (χ4v) is 4.01. The third-order valence-electron chi connectivity index (χ3n) is 4.54. The van der Waals surface area contributed by atoms with E-state index in [9.17, 15) is 0 Å². The van der Waals surface area contributed by atoms with Crippen LogP contribution in [-0.2, 0) is 6.42 Å². The quantitative estimate of drug-likeness (QED) is 0.696. The number of methoxy groups -OCH3 is 2. The Morgan fingerprint density at radius 3 is 2.41 bits per heavy atom. The zero-order valence-corrected chi connectivity index (χ0v) is 15.7. The lowest BCUT2D eigenvalue weighted by molar-refractivity contribution is 0.236. The second kappa shape index (κ2) is 6.49. The SMILES string of the molecule is C=C1C=C(C)CC(C)(C)C1Cc1cc(OC)c(Br)cc1OC. The van der Waals surface area contributed by atoms with Gasteiger partial charge >= 0.3 is 0 Å². The Morgan fingerprint density at radius 1 is 1.23 bits per heavy atom. The molecule has 1 aliphatic rings. The van der Waals surface area contributed by atoms with Crippen LogP contribution in [0.4, 0.5) is 0 Å². The lowest BCUT2D eigenvalue weighted by atomic mass is 9.65. The maximum Gasteiger partial charge on any atom is 0.133 e. The Bertz CT molecular complexity index is 614. The van der Waals surface area contributed by atoms with Crippen molar-refractivity contribution in [3.63, 3.8) is 0 Å². The van der Waals surface area contributed by atoms with E-state index < -0.39 is 0 Å². The van der Waals surface area contributed by atoms with Gasteiger partial charge in [0.1, 0.15) is 11.5 Å². The Morgan fingerprint density at radius 2 is 1.86 bits per heavy atom. The van der Waals surface area contributed by atoms with Crippen LogP contribution >= 0.6 is 15.9 Å². The van der Waals surface area contributed by atoms with Crippen molar-refractivity contribution < 1.29 is 9.47 Å². The second-order valence-corrected chi connectivity index (χ2v) is 7.64. The molecule has 1 aromatic carbocycles. The molecular weight excluding hydrogens is 340 g/mol. The predicted molar refractivity (Wildman–Crippen MR) is 95.7 cm³/mol. The number of halogens is 1. The lowest BCUT2D eigenvalue weighted by Gasteiger charge is -2.39. The van der Waals surface area contributed by atoms with E-state index in [-0.39, 0.29) is 5.41 Å². The third-order valence-corrected chi connectivity index (χ3v) is 5.16. The summed E-state index contributed by atoms with van der Waals surface area (Å²) in [6.45, 7) is 11.1. The average molecular weight is 365 g/mol. The Hall–Kier alpha value is -1.22. The summed E-state index contributed by atoms with van der Waals surface area (Å²) in [6.07, 6.45) is 4.24. The van der Waals surface area contributed by atoms with Gasteiger partial charge in [0.2, 0.25) is 0 Å². The summed E-state index contributed by atoms with van der Waals surface area (Å²) < 4.78 is 11.9. The number of hydrogen-bond donors (Lipinski definition) is 0. The van der Waals surface area contributed by atoms with E-state index in [4.69, 9.17) is 9.47 Å². The fourth-order valence-electron chi connectivity index (χ4n) is 3.52. The van der Waals surface area contributed by atoms with E-state index in [2.05, 4.69) is 55.4 Å². The highest BCUT2D eigenvalue weighted by atomic mass is 79.9. The highest BCUT2D eigenvalue weighted by Gasteiger charge is 2.34. The molecule has 0 bridgehead atoms. The normalized spacial score (nSPS) is 20.5. The lowest BCUT2D eigenvalue weighted by Crippen LogP contribution is -2.30. The van der Waals surface area contributed by atoms with Crippen LogP contribution in [0.5, 0.6) is 11.5 Å². The third kappa shape index (κ3) is 3.40. The zero-order valence-electron chi connectivity index (χ0n) is 14.1. The van der Waals surface area contributed by atoms with Gasteiger partial charge < -0.3 is 9.47 Å². The Kier molecular flexibility index (Phi) is 5.06. The Balaban J connectivity index is 2.39. The van der Waals surface area contributed by atoms with Crippen LogP contribution in [0.25, 0.3) is 0 Å². The van der Waals surface area contributed by atoms with Crippen LogP contribution in [0, 0.1) is 11.3 Å². The highest BCUT2D eigenvalue weighted by molar-refractivity contribution is 9.10. The number of ether oxygens (including phenoxy) is 2. The van der Waals surface area contributed by atoms with E-state index >= 15 is 0 Å². The maximum atomic E-state index is 5.56. The minimum atomic E-state index is 0.196. The minimum absolute atomic E-state index is 0.196. The van der Waals surface area contributed by atoms with Gasteiger partial charge in [0.25, 0.3) is 0 Å². The van der Waals surface area contributed by atoms with Gasteiger partial charge in [-0.15, -0.1) is 0 Å². The van der Waals surface area contributed by atoms with Crippen LogP contribution in [0.1, 0.15) is 32.8 Å². The molecule has 0 radical (unpaired) electrons. The molecule has 0 aliphatic heterocycles. The summed E-state index contributed by atoms with van der Waals surface area (Å²) >= 11 is 3.52. The molecule has 0 aromatic heterocycles. The zero-order chi connectivity index (χ0) is 16.5. The van der Waals surface area contributed by atoms with Gasteiger partial charge in [0.15, 0.2) is 0 Å². The largest absolute Gasteiger partial charge is 0.496 e. The molecular formula is C19H25BrO2. The van der Waals surface area contributed by atoms with E-state index in [1.807, 2.05) is 6.07 Å². The van der Waals surface area contributed by atoms with Crippen molar-refractivity contribution in [3.05, 3.63) is 46.0 Å². The van der Waals surface area contributed by atoms with Crippen molar-refractivity contribution in [1.82, 2.24) is 0 Å². The van der Waals surface area contributed by atoms with Gasteiger partial charge in [-0.05, 0) is 64.7 Å². The molecule has 2 nitrogen and oxygen atoms in total. The fraction of sp³-hybridized carbons (Fsp3) is 0.474. The van der Waals surface area contributed by atoms with Gasteiger partial charge in [-0.25, -0.2) is 0 Å². The first-order chi connectivity index (χ1) is 10.3. The molecule has 0 N–H and O–H groups in total. The first-order valence-corrected chi connectivity index (χ1v) is 8.34. The minimum Gasteiger partial charge on any atom is -0.496 e. The average Bonchev–Trinajstić information content (AvgIpc) is 2.42. The summed E-state index contributed by atoms with van der Waals surface area (Å²) in [4.78, 5) is 0. The van der Waals surface area contributed by atoms with Crippen molar-refractivity contribution in [2.45, 2.75) is 33.6 Å². The summed E-state index contributed by atoms with van der Waals surface area (Å²) in [5, 5.41) is 0. The van der Waals surface area contributed by atoms with Crippen molar-refractivity contribution in [3.8, 4) is 11.5 Å². The maximum absolute atomic E-state index is 5.56. The molecule has 0 spiro atoms. The summed E-state index contributed by atoms with van der Waals surface area (Å²) in [7, 11) is 3.40. The monoisotopic (exact) mass is 364 g/mol. The molecule has 1 aliphatic carbocycles. The molecule has 3 heteroatoms. The molecule has 0 fully saturated rings. The van der Waals surface area contributed by atoms with Gasteiger partial charge in [-0.2, -0.15) is 0 Å². The molecule has 0 saturated carbocycles. The Labute approximate surface area is 142 Å². The van der Waals surface area contributed by atoms with E-state index in [1.165, 1.54) is 11.1 Å². The molecule has 1 atom stereocenters. The molecule has 120 valence electrons. The van der Waals surface area contributed by atoms with Crippen molar-refractivity contribution in [1.29, 1.82) is 0 Å². The highest BCUT2D eigenvalue weighted by Crippen LogP contribution is 2.45. The second-order valence-electron chi connectivity index (χ2n) is 6.79. The number of hydrogen-bond acceptors (Lipinski definition) is 2. The first kappa shape index (κ1) is 17.1. The van der Waals surface area contributed by atoms with Crippen molar-refractivity contribution in [2.75, 3.05) is 14.2 Å². The van der Waals surface area contributed by atoms with Gasteiger partial charge in [0.05, 0.1) is 18.7 Å². The van der Waals surface area contributed by atoms with Gasteiger partial charge in [-0.1, -0.05) is 37.6 Å². The molecule has 22 heavy (non-hydrogen) atoms. The number of rotatable bonds is 4. The van der Waals surface area contributed by atoms with Gasteiger partial charge in [0, 0.05) is 0 Å². The van der Waals surface area contributed by atoms with E-state index in [1.54, 1.807) is 14.2 Å². The van der Waals surface area contributed by atoms with Crippen LogP contribution in [0.15, 0.2) is 40.4 Å². The summed E-state index contributed by atoms with van der Waals surface area (Å²) in [5.41, 5.74) is 3.97. The van der Waals surface area contributed by atoms with Gasteiger partial charge in [-0.3, -0.25) is 0 Å². The molecule has 0 heterocycles. The molecule has 2 rings (SSSR count). The molecule has 0 saturated heterocycles. The van der Waals surface area contributed by atoms with E-state index in [0.717, 1.165) is 34.4 Å². The van der Waals surface area contributed by atoms with Crippen molar-refractivity contribution >= 4 is 15.9 Å². The standard InChI is InChI=1S/C19H25BrO2/c1-12-7-13(2)15(19(3,4)11-12)8-14-9-18(22-6)16(20)10-17(14)21-5/h7,9-10,15H,2,8,11H2,1,3-6H3. The molecule has 1 unspecified atom stereocenters. The molecule has 1 aromatic rings. The van der Waals surface area contributed by atoms with Crippen molar-refractivity contribution in [2.24, 2.45) is 11.3 Å². The number of allylic oxidation sites excluding steroid dienone is 3. The first-order valence-electron chi connectivity index (χ1n) is 7.55. The summed E-state index contributed by atoms with van der Waals surface area (Å²) in [5.74, 6) is 2.13.